The van der Waals surface area contributed by atoms with Crippen LogP contribution in [0.4, 0.5) is 0 Å². The molecule has 4 nitrogen and oxygen atoms in total. The number of piperidine rings is 1. The average Bonchev–Trinajstić information content (AvgIpc) is 2.85. The van der Waals surface area contributed by atoms with E-state index in [1.807, 2.05) is 0 Å². The van der Waals surface area contributed by atoms with E-state index < -0.39 is 0 Å². The van der Waals surface area contributed by atoms with E-state index in [0.29, 0.717) is 12.5 Å². The molecule has 1 aliphatic heterocycles. The minimum atomic E-state index is 0.0294. The second-order valence-corrected chi connectivity index (χ2v) is 5.53. The van der Waals surface area contributed by atoms with E-state index in [4.69, 9.17) is 5.26 Å². The van der Waals surface area contributed by atoms with E-state index in [1.54, 1.807) is 0 Å². The smallest absolute Gasteiger partial charge is 0.220 e. The van der Waals surface area contributed by atoms with Gasteiger partial charge in [-0.1, -0.05) is 6.42 Å². The largest absolute Gasteiger partial charge is 0.352 e. The maximum absolute atomic E-state index is 11.9. The fourth-order valence-electron chi connectivity index (χ4n) is 3.04. The Bertz CT molecular complexity index is 317. The second kappa shape index (κ2) is 6.75. The lowest BCUT2D eigenvalue weighted by molar-refractivity contribution is -0.122. The summed E-state index contributed by atoms with van der Waals surface area (Å²) in [5, 5.41) is 15.5. The van der Waals surface area contributed by atoms with Gasteiger partial charge in [0.25, 0.3) is 0 Å². The average molecular weight is 249 g/mol. The molecule has 1 heterocycles. The second-order valence-electron chi connectivity index (χ2n) is 5.53. The van der Waals surface area contributed by atoms with Crippen molar-refractivity contribution in [2.45, 2.75) is 63.5 Å². The van der Waals surface area contributed by atoms with Gasteiger partial charge in [-0.2, -0.15) is 5.26 Å². The van der Waals surface area contributed by atoms with Crippen molar-refractivity contribution in [1.29, 1.82) is 5.26 Å². The van der Waals surface area contributed by atoms with E-state index in [1.165, 1.54) is 19.3 Å². The highest BCUT2D eigenvalue weighted by Crippen LogP contribution is 2.25. The van der Waals surface area contributed by atoms with E-state index in [9.17, 15) is 4.79 Å². The van der Waals surface area contributed by atoms with Crippen LogP contribution in [0.5, 0.6) is 0 Å². The van der Waals surface area contributed by atoms with Crippen molar-refractivity contribution in [3.63, 3.8) is 0 Å². The molecule has 0 aromatic carbocycles. The number of hydrogen-bond donors (Lipinski definition) is 2. The highest BCUT2D eigenvalue weighted by atomic mass is 16.1. The Kier molecular flexibility index (Phi) is 5.00. The molecule has 0 radical (unpaired) electrons. The number of hydrogen-bond acceptors (Lipinski definition) is 3. The molecular formula is C14H23N3O. The zero-order chi connectivity index (χ0) is 12.8. The molecule has 4 heteroatoms. The molecule has 0 spiro atoms. The first-order valence-corrected chi connectivity index (χ1v) is 7.22. The zero-order valence-electron chi connectivity index (χ0n) is 11.0. The Balaban J connectivity index is 1.67. The Morgan fingerprint density at radius 1 is 1.28 bits per heavy atom. The van der Waals surface area contributed by atoms with Crippen LogP contribution in [0.3, 0.4) is 0 Å². The lowest BCUT2D eigenvalue weighted by Crippen LogP contribution is -2.39. The van der Waals surface area contributed by atoms with Gasteiger partial charge in [0, 0.05) is 18.5 Å². The Morgan fingerprint density at radius 2 is 2.17 bits per heavy atom. The van der Waals surface area contributed by atoms with Gasteiger partial charge < -0.3 is 10.6 Å². The van der Waals surface area contributed by atoms with Gasteiger partial charge in [0.15, 0.2) is 0 Å². The van der Waals surface area contributed by atoms with E-state index in [2.05, 4.69) is 16.7 Å². The fourth-order valence-corrected chi connectivity index (χ4v) is 3.04. The third-order valence-corrected chi connectivity index (χ3v) is 4.16. The van der Waals surface area contributed by atoms with Crippen molar-refractivity contribution < 1.29 is 4.79 Å². The fraction of sp³-hybridized carbons (Fsp3) is 0.857. The Morgan fingerprint density at radius 3 is 2.89 bits per heavy atom. The maximum atomic E-state index is 11.9. The number of carbonyl (C=O) groups is 1. The first kappa shape index (κ1) is 13.4. The van der Waals surface area contributed by atoms with Crippen molar-refractivity contribution in [3.05, 3.63) is 0 Å². The predicted octanol–water partition coefficient (Wildman–Crippen LogP) is 1.72. The van der Waals surface area contributed by atoms with Crippen LogP contribution in [-0.2, 0) is 4.79 Å². The number of amides is 1. The lowest BCUT2D eigenvalue weighted by Gasteiger charge is -2.23. The highest BCUT2D eigenvalue weighted by Gasteiger charge is 2.28. The summed E-state index contributed by atoms with van der Waals surface area (Å²) < 4.78 is 0. The minimum absolute atomic E-state index is 0.0294. The summed E-state index contributed by atoms with van der Waals surface area (Å²) in [7, 11) is 0. The summed E-state index contributed by atoms with van der Waals surface area (Å²) in [5.74, 6) is 0.149. The summed E-state index contributed by atoms with van der Waals surface area (Å²) >= 11 is 0. The maximum Gasteiger partial charge on any atom is 0.220 e. The molecule has 1 saturated carbocycles. The molecule has 0 aromatic rings. The molecule has 100 valence electrons. The topological polar surface area (TPSA) is 64.9 Å². The van der Waals surface area contributed by atoms with Gasteiger partial charge in [0.05, 0.1) is 12.0 Å². The quantitative estimate of drug-likeness (QED) is 0.797. The van der Waals surface area contributed by atoms with Crippen molar-refractivity contribution in [3.8, 4) is 6.07 Å². The first-order valence-electron chi connectivity index (χ1n) is 7.22. The van der Waals surface area contributed by atoms with Crippen molar-refractivity contribution in [1.82, 2.24) is 10.6 Å². The minimum Gasteiger partial charge on any atom is -0.352 e. The number of nitriles is 1. The SMILES string of the molecule is N#CC1CCCC1NC(=O)CCC1CCCCN1. The van der Waals surface area contributed by atoms with Crippen LogP contribution >= 0.6 is 0 Å². The van der Waals surface area contributed by atoms with E-state index >= 15 is 0 Å². The van der Waals surface area contributed by atoms with Crippen LogP contribution in [0.1, 0.15) is 51.4 Å². The summed E-state index contributed by atoms with van der Waals surface area (Å²) in [6.45, 7) is 1.09. The Hall–Kier alpha value is -1.08. The standard InChI is InChI=1S/C14H23N3O/c15-10-11-4-3-6-13(11)17-14(18)8-7-12-5-1-2-9-16-12/h11-13,16H,1-9H2,(H,17,18). The monoisotopic (exact) mass is 249 g/mol. The van der Waals surface area contributed by atoms with Crippen molar-refractivity contribution in [2.24, 2.45) is 5.92 Å². The van der Waals surface area contributed by atoms with Gasteiger partial charge in [-0.05, 0) is 45.1 Å². The number of nitrogens with zero attached hydrogens (tertiary/aromatic N) is 1. The summed E-state index contributed by atoms with van der Waals surface area (Å²) in [6, 6.07) is 2.91. The lowest BCUT2D eigenvalue weighted by atomic mass is 10.00. The molecule has 1 amide bonds. The normalized spacial score (nSPS) is 31.8. The van der Waals surface area contributed by atoms with Gasteiger partial charge >= 0.3 is 0 Å². The van der Waals surface area contributed by atoms with Crippen LogP contribution in [0.2, 0.25) is 0 Å². The first-order chi connectivity index (χ1) is 8.79. The van der Waals surface area contributed by atoms with Crippen LogP contribution in [0, 0.1) is 17.2 Å². The predicted molar refractivity (Wildman–Crippen MR) is 69.8 cm³/mol. The molecule has 2 fully saturated rings. The van der Waals surface area contributed by atoms with Crippen LogP contribution in [0.15, 0.2) is 0 Å². The molecule has 18 heavy (non-hydrogen) atoms. The molecule has 0 bridgehead atoms. The molecule has 3 unspecified atom stereocenters. The zero-order valence-corrected chi connectivity index (χ0v) is 11.0. The van der Waals surface area contributed by atoms with Crippen LogP contribution in [-0.4, -0.2) is 24.5 Å². The van der Waals surface area contributed by atoms with Gasteiger partial charge in [0.1, 0.15) is 0 Å². The molecule has 1 aliphatic carbocycles. The molecule has 2 aliphatic rings. The third-order valence-electron chi connectivity index (χ3n) is 4.16. The van der Waals surface area contributed by atoms with Crippen LogP contribution < -0.4 is 10.6 Å². The van der Waals surface area contributed by atoms with Crippen molar-refractivity contribution >= 4 is 5.91 Å². The molecular weight excluding hydrogens is 226 g/mol. The highest BCUT2D eigenvalue weighted by molar-refractivity contribution is 5.76. The molecule has 2 rings (SSSR count). The molecule has 0 aromatic heterocycles. The van der Waals surface area contributed by atoms with Crippen LogP contribution in [0.25, 0.3) is 0 Å². The van der Waals surface area contributed by atoms with Gasteiger partial charge in [0.2, 0.25) is 5.91 Å². The number of carbonyl (C=O) groups excluding carboxylic acids is 1. The van der Waals surface area contributed by atoms with Gasteiger partial charge in [-0.15, -0.1) is 0 Å². The summed E-state index contributed by atoms with van der Waals surface area (Å²) in [4.78, 5) is 11.9. The molecule has 1 saturated heterocycles. The van der Waals surface area contributed by atoms with Gasteiger partial charge in [-0.3, -0.25) is 4.79 Å². The molecule has 3 atom stereocenters. The third kappa shape index (κ3) is 3.71. The van der Waals surface area contributed by atoms with Gasteiger partial charge in [-0.25, -0.2) is 0 Å². The Labute approximate surface area is 109 Å². The number of rotatable bonds is 4. The van der Waals surface area contributed by atoms with Crippen molar-refractivity contribution in [2.75, 3.05) is 6.54 Å². The number of nitrogens with one attached hydrogen (secondary N) is 2. The van der Waals surface area contributed by atoms with E-state index in [-0.39, 0.29) is 17.9 Å². The summed E-state index contributed by atoms with van der Waals surface area (Å²) in [6.07, 6.45) is 8.21. The van der Waals surface area contributed by atoms with E-state index in [0.717, 1.165) is 32.2 Å². The molecule has 2 N–H and O–H groups in total. The summed E-state index contributed by atoms with van der Waals surface area (Å²) in [5.41, 5.74) is 0.